The minimum atomic E-state index is -3.13. The minimum absolute atomic E-state index is 0.323. The highest BCUT2D eigenvalue weighted by Gasteiger charge is 2.31. The van der Waals surface area contributed by atoms with Crippen LogP contribution in [0.3, 0.4) is 0 Å². The summed E-state index contributed by atoms with van der Waals surface area (Å²) >= 11 is 1.85. The third-order valence-corrected chi connectivity index (χ3v) is 6.26. The second-order valence-corrected chi connectivity index (χ2v) is 8.86. The molecule has 4 nitrogen and oxygen atoms in total. The van der Waals surface area contributed by atoms with E-state index in [1.165, 1.54) is 0 Å². The predicted octanol–water partition coefficient (Wildman–Crippen LogP) is 1.14. The van der Waals surface area contributed by atoms with Gasteiger partial charge in [-0.1, -0.05) is 20.8 Å². The Morgan fingerprint density at radius 1 is 1.41 bits per heavy atom. The van der Waals surface area contributed by atoms with Gasteiger partial charge in [-0.05, 0) is 6.92 Å². The first-order valence-electron chi connectivity index (χ1n) is 6.18. The summed E-state index contributed by atoms with van der Waals surface area (Å²) in [6.45, 7) is 9.76. The molecule has 102 valence electrons. The molecule has 0 radical (unpaired) electrons. The highest BCUT2D eigenvalue weighted by atomic mass is 32.2. The fourth-order valence-corrected chi connectivity index (χ4v) is 4.60. The van der Waals surface area contributed by atoms with Crippen molar-refractivity contribution < 1.29 is 8.42 Å². The summed E-state index contributed by atoms with van der Waals surface area (Å²) in [4.78, 5) is 0. The van der Waals surface area contributed by atoms with Crippen LogP contribution in [-0.4, -0.2) is 54.7 Å². The highest BCUT2D eigenvalue weighted by Crippen LogP contribution is 2.21. The fourth-order valence-electron chi connectivity index (χ4n) is 1.78. The van der Waals surface area contributed by atoms with E-state index in [1.807, 2.05) is 25.6 Å². The number of nitrogens with zero attached hydrogens (tertiary/aromatic N) is 1. The van der Waals surface area contributed by atoms with Gasteiger partial charge in [-0.3, -0.25) is 0 Å². The van der Waals surface area contributed by atoms with E-state index in [-0.39, 0.29) is 5.25 Å². The third-order valence-electron chi connectivity index (χ3n) is 2.89. The molecule has 0 amide bonds. The molecular formula is C11H24N2O2S2. The van der Waals surface area contributed by atoms with Crippen molar-refractivity contribution in [1.82, 2.24) is 9.62 Å². The molecule has 1 N–H and O–H groups in total. The summed E-state index contributed by atoms with van der Waals surface area (Å²) in [5.41, 5.74) is 0. The van der Waals surface area contributed by atoms with Crippen LogP contribution >= 0.6 is 11.8 Å². The van der Waals surface area contributed by atoms with Gasteiger partial charge in [0.15, 0.2) is 0 Å². The van der Waals surface area contributed by atoms with Gasteiger partial charge in [-0.15, -0.1) is 0 Å². The highest BCUT2D eigenvalue weighted by molar-refractivity contribution is 8.00. The Morgan fingerprint density at radius 3 is 2.59 bits per heavy atom. The minimum Gasteiger partial charge on any atom is -0.313 e. The number of rotatable bonds is 5. The lowest BCUT2D eigenvalue weighted by Gasteiger charge is -2.32. The summed E-state index contributed by atoms with van der Waals surface area (Å²) in [6, 6.07) is 0.323. The number of hydrogen-bond donors (Lipinski definition) is 1. The van der Waals surface area contributed by atoms with Crippen LogP contribution in [0.25, 0.3) is 0 Å². The van der Waals surface area contributed by atoms with Crippen molar-refractivity contribution in [2.45, 2.75) is 44.2 Å². The molecule has 2 atom stereocenters. The molecule has 0 saturated carbocycles. The first kappa shape index (κ1) is 15.3. The van der Waals surface area contributed by atoms with Crippen LogP contribution in [0.1, 0.15) is 27.7 Å². The normalized spacial score (nSPS) is 25.1. The van der Waals surface area contributed by atoms with Gasteiger partial charge in [0.25, 0.3) is 0 Å². The molecule has 0 aromatic heterocycles. The fraction of sp³-hybridized carbons (Fsp3) is 1.00. The Hall–Kier alpha value is 0.220. The Balaban J connectivity index is 2.59. The van der Waals surface area contributed by atoms with Crippen LogP contribution in [0, 0.1) is 0 Å². The molecule has 6 heteroatoms. The summed E-state index contributed by atoms with van der Waals surface area (Å²) in [6.07, 6.45) is 0. The molecule has 1 fully saturated rings. The number of hydrogen-bond acceptors (Lipinski definition) is 4. The van der Waals surface area contributed by atoms with Crippen molar-refractivity contribution in [3.05, 3.63) is 0 Å². The quantitative estimate of drug-likeness (QED) is 0.820. The maximum atomic E-state index is 12.3. The van der Waals surface area contributed by atoms with E-state index in [2.05, 4.69) is 12.2 Å². The molecule has 17 heavy (non-hydrogen) atoms. The summed E-state index contributed by atoms with van der Waals surface area (Å²) in [7, 11) is -3.13. The molecular weight excluding hydrogens is 256 g/mol. The molecule has 2 unspecified atom stereocenters. The monoisotopic (exact) mass is 280 g/mol. The van der Waals surface area contributed by atoms with E-state index in [0.29, 0.717) is 30.9 Å². The third kappa shape index (κ3) is 4.43. The second kappa shape index (κ2) is 6.41. The zero-order chi connectivity index (χ0) is 13.1. The lowest BCUT2D eigenvalue weighted by atomic mass is 10.3. The number of thioether (sulfide) groups is 1. The van der Waals surface area contributed by atoms with Gasteiger partial charge in [-0.25, -0.2) is 8.42 Å². The standard InChI is InChI=1S/C11H24N2O2S2/c1-9(2)12-7-11(4)17(14,15)13-5-6-16-10(3)8-13/h9-12H,5-8H2,1-4H3. The van der Waals surface area contributed by atoms with E-state index in [1.54, 1.807) is 11.2 Å². The average molecular weight is 280 g/mol. The predicted molar refractivity (Wildman–Crippen MR) is 75.0 cm³/mol. The first-order valence-corrected chi connectivity index (χ1v) is 8.73. The summed E-state index contributed by atoms with van der Waals surface area (Å²) in [5, 5.41) is 3.25. The molecule has 0 bridgehead atoms. The smallest absolute Gasteiger partial charge is 0.218 e. The zero-order valence-corrected chi connectivity index (χ0v) is 12.8. The molecule has 0 aromatic rings. The van der Waals surface area contributed by atoms with Gasteiger partial charge in [0, 0.05) is 36.7 Å². The van der Waals surface area contributed by atoms with Gasteiger partial charge in [0.2, 0.25) is 10.0 Å². The van der Waals surface area contributed by atoms with Gasteiger partial charge in [0.1, 0.15) is 0 Å². The van der Waals surface area contributed by atoms with Crippen molar-refractivity contribution in [2.75, 3.05) is 25.4 Å². The molecule has 0 aliphatic carbocycles. The van der Waals surface area contributed by atoms with E-state index >= 15 is 0 Å². The molecule has 1 heterocycles. The van der Waals surface area contributed by atoms with Crippen LogP contribution in [0.5, 0.6) is 0 Å². The van der Waals surface area contributed by atoms with Crippen LogP contribution in [0.4, 0.5) is 0 Å². The molecule has 1 saturated heterocycles. The van der Waals surface area contributed by atoms with E-state index in [0.717, 1.165) is 5.75 Å². The van der Waals surface area contributed by atoms with E-state index < -0.39 is 10.0 Å². The zero-order valence-electron chi connectivity index (χ0n) is 11.1. The lowest BCUT2D eigenvalue weighted by molar-refractivity contribution is 0.413. The molecule has 1 aliphatic rings. The van der Waals surface area contributed by atoms with Crippen molar-refractivity contribution in [2.24, 2.45) is 0 Å². The topological polar surface area (TPSA) is 49.4 Å². The van der Waals surface area contributed by atoms with Crippen LogP contribution in [-0.2, 0) is 10.0 Å². The van der Waals surface area contributed by atoms with Gasteiger partial charge in [0.05, 0.1) is 5.25 Å². The van der Waals surface area contributed by atoms with E-state index in [9.17, 15) is 8.42 Å². The number of nitrogens with one attached hydrogen (secondary N) is 1. The Labute approximate surface area is 110 Å². The largest absolute Gasteiger partial charge is 0.313 e. The summed E-state index contributed by atoms with van der Waals surface area (Å²) in [5.74, 6) is 0.907. The van der Waals surface area contributed by atoms with Crippen LogP contribution in [0.15, 0.2) is 0 Å². The number of sulfonamides is 1. The maximum Gasteiger partial charge on any atom is 0.218 e. The van der Waals surface area contributed by atoms with Crippen LogP contribution in [0.2, 0.25) is 0 Å². The summed E-state index contributed by atoms with van der Waals surface area (Å²) < 4.78 is 26.3. The van der Waals surface area contributed by atoms with Gasteiger partial charge < -0.3 is 5.32 Å². The molecule has 0 aromatic carbocycles. The Bertz CT molecular complexity index is 330. The van der Waals surface area contributed by atoms with Crippen LogP contribution < -0.4 is 5.32 Å². The molecule has 1 rings (SSSR count). The Morgan fingerprint density at radius 2 is 2.06 bits per heavy atom. The molecule has 0 spiro atoms. The van der Waals surface area contributed by atoms with E-state index in [4.69, 9.17) is 0 Å². The van der Waals surface area contributed by atoms with Crippen molar-refractivity contribution in [3.63, 3.8) is 0 Å². The van der Waals surface area contributed by atoms with Gasteiger partial charge >= 0.3 is 0 Å². The maximum absolute atomic E-state index is 12.3. The Kier molecular flexibility index (Phi) is 5.76. The lowest BCUT2D eigenvalue weighted by Crippen LogP contribution is -2.47. The molecule has 1 aliphatic heterocycles. The van der Waals surface area contributed by atoms with Crippen molar-refractivity contribution in [1.29, 1.82) is 0 Å². The SMILES string of the molecule is CC(C)NCC(C)S(=O)(=O)N1CCSC(C)C1. The second-order valence-electron chi connectivity index (χ2n) is 4.96. The van der Waals surface area contributed by atoms with Gasteiger partial charge in [-0.2, -0.15) is 16.1 Å². The average Bonchev–Trinajstić information content (AvgIpc) is 2.25. The van der Waals surface area contributed by atoms with Crippen molar-refractivity contribution >= 4 is 21.8 Å². The first-order chi connectivity index (χ1) is 7.84. The van der Waals surface area contributed by atoms with Crippen molar-refractivity contribution in [3.8, 4) is 0 Å².